The summed E-state index contributed by atoms with van der Waals surface area (Å²) in [4.78, 5) is 31.8. The van der Waals surface area contributed by atoms with E-state index in [0.717, 1.165) is 16.6 Å². The molecule has 0 spiro atoms. The van der Waals surface area contributed by atoms with E-state index in [1.54, 1.807) is 11.1 Å². The van der Waals surface area contributed by atoms with Gasteiger partial charge in [0.2, 0.25) is 0 Å². The highest BCUT2D eigenvalue weighted by atomic mass is 16.6. The number of ether oxygens (including phenoxy) is 1. The number of hydrogen-bond acceptors (Lipinski definition) is 4. The van der Waals surface area contributed by atoms with Crippen molar-refractivity contribution in [2.24, 2.45) is 5.92 Å². The van der Waals surface area contributed by atoms with Gasteiger partial charge in [-0.1, -0.05) is 0 Å². The van der Waals surface area contributed by atoms with Crippen molar-refractivity contribution in [3.05, 3.63) is 39.8 Å². The van der Waals surface area contributed by atoms with Gasteiger partial charge in [-0.2, -0.15) is 0 Å². The smallest absolute Gasteiger partial charge is 0.410 e. The minimum absolute atomic E-state index is 0.00800. The summed E-state index contributed by atoms with van der Waals surface area (Å²) in [6.45, 7) is 7.13. The quantitative estimate of drug-likeness (QED) is 0.830. The van der Waals surface area contributed by atoms with Crippen LogP contribution in [-0.4, -0.2) is 32.7 Å². The summed E-state index contributed by atoms with van der Waals surface area (Å²) in [7, 11) is 0. The zero-order chi connectivity index (χ0) is 18.5. The summed E-state index contributed by atoms with van der Waals surface area (Å²) >= 11 is 0. The van der Waals surface area contributed by atoms with Crippen LogP contribution in [0.1, 0.15) is 44.7 Å². The van der Waals surface area contributed by atoms with E-state index in [0.29, 0.717) is 37.5 Å². The lowest BCUT2D eigenvalue weighted by molar-refractivity contribution is 0.0223. The van der Waals surface area contributed by atoms with E-state index >= 15 is 0 Å². The molecular weight excluding hydrogens is 330 g/mol. The summed E-state index contributed by atoms with van der Waals surface area (Å²) in [5.74, 6) is 0.571. The second-order valence-electron chi connectivity index (χ2n) is 8.34. The molecule has 0 radical (unpaired) electrons. The third kappa shape index (κ3) is 3.20. The Morgan fingerprint density at radius 2 is 2.08 bits per heavy atom. The fraction of sp³-hybridized carbons (Fsp3) is 0.550. The predicted molar refractivity (Wildman–Crippen MR) is 99.1 cm³/mol. The highest BCUT2D eigenvalue weighted by molar-refractivity contribution is 5.81. The molecule has 138 valence electrons. The fourth-order valence-electron chi connectivity index (χ4n) is 3.57. The first-order valence-electron chi connectivity index (χ1n) is 9.30. The molecule has 1 aliphatic heterocycles. The molecule has 2 aliphatic rings. The summed E-state index contributed by atoms with van der Waals surface area (Å²) < 4.78 is 7.30. The number of amides is 1. The van der Waals surface area contributed by atoms with Crippen molar-refractivity contribution in [2.45, 2.75) is 58.7 Å². The van der Waals surface area contributed by atoms with Crippen molar-refractivity contribution in [3.8, 4) is 0 Å². The average molecular weight is 355 g/mol. The molecule has 1 aliphatic carbocycles. The van der Waals surface area contributed by atoms with Gasteiger partial charge in [-0.05, 0) is 63.6 Å². The van der Waals surface area contributed by atoms with Gasteiger partial charge in [-0.3, -0.25) is 9.36 Å². The van der Waals surface area contributed by atoms with Crippen LogP contribution >= 0.6 is 0 Å². The first-order valence-corrected chi connectivity index (χ1v) is 9.30. The molecule has 1 amide bonds. The van der Waals surface area contributed by atoms with Crippen LogP contribution in [0.4, 0.5) is 4.79 Å². The Balaban J connectivity index is 1.75. The number of carbonyl (C=O) groups excluding carboxylic acids is 1. The zero-order valence-electron chi connectivity index (χ0n) is 15.6. The van der Waals surface area contributed by atoms with Gasteiger partial charge in [-0.15, -0.1) is 0 Å². The van der Waals surface area contributed by atoms with Crippen molar-refractivity contribution < 1.29 is 9.53 Å². The molecule has 0 N–H and O–H groups in total. The van der Waals surface area contributed by atoms with Crippen LogP contribution in [0.3, 0.4) is 0 Å². The Kier molecular flexibility index (Phi) is 4.01. The Morgan fingerprint density at radius 3 is 2.77 bits per heavy atom. The van der Waals surface area contributed by atoms with Gasteiger partial charge in [-0.25, -0.2) is 9.78 Å². The summed E-state index contributed by atoms with van der Waals surface area (Å²) in [5, 5.41) is 1.03. The summed E-state index contributed by atoms with van der Waals surface area (Å²) in [5.41, 5.74) is 1.96. The molecule has 0 saturated heterocycles. The highest BCUT2D eigenvalue weighted by Gasteiger charge is 2.30. The van der Waals surface area contributed by atoms with Crippen molar-refractivity contribution in [1.82, 2.24) is 14.5 Å². The minimum Gasteiger partial charge on any atom is -0.444 e. The lowest BCUT2D eigenvalue weighted by Gasteiger charge is -2.31. The minimum atomic E-state index is -0.545. The van der Waals surface area contributed by atoms with E-state index in [1.807, 2.05) is 37.5 Å². The molecule has 6 nitrogen and oxygen atoms in total. The Hall–Kier alpha value is -2.37. The van der Waals surface area contributed by atoms with Crippen molar-refractivity contribution in [1.29, 1.82) is 0 Å². The van der Waals surface area contributed by atoms with Crippen LogP contribution in [0.15, 0.2) is 23.1 Å². The van der Waals surface area contributed by atoms with E-state index in [9.17, 15) is 9.59 Å². The SMILES string of the molecule is CC(C)(C)OC(=O)N1CCc2c(c(=O)n(CC3CC3)c3ncccc23)C1. The second kappa shape index (κ2) is 6.11. The van der Waals surface area contributed by atoms with Gasteiger partial charge in [0.25, 0.3) is 5.56 Å². The van der Waals surface area contributed by atoms with E-state index in [4.69, 9.17) is 4.74 Å². The van der Waals surface area contributed by atoms with Gasteiger partial charge in [0.1, 0.15) is 11.2 Å². The standard InChI is InChI=1S/C20H25N3O3/c1-20(2,3)26-19(25)22-10-8-14-15-5-4-9-21-17(15)23(11-13-6-7-13)18(24)16(14)12-22/h4-5,9,13H,6-8,10-12H2,1-3H3. The van der Waals surface area contributed by atoms with E-state index in [-0.39, 0.29) is 11.7 Å². The third-order valence-electron chi connectivity index (χ3n) is 5.01. The van der Waals surface area contributed by atoms with E-state index in [1.165, 1.54) is 12.8 Å². The van der Waals surface area contributed by atoms with Gasteiger partial charge < -0.3 is 9.64 Å². The number of rotatable bonds is 2. The molecule has 0 bridgehead atoms. The molecule has 4 rings (SSSR count). The molecule has 6 heteroatoms. The van der Waals surface area contributed by atoms with Crippen LogP contribution in [0.25, 0.3) is 11.0 Å². The van der Waals surface area contributed by atoms with Gasteiger partial charge >= 0.3 is 6.09 Å². The molecular formula is C20H25N3O3. The largest absolute Gasteiger partial charge is 0.444 e. The zero-order valence-corrected chi connectivity index (χ0v) is 15.6. The Labute approximate surface area is 152 Å². The topological polar surface area (TPSA) is 64.4 Å². The van der Waals surface area contributed by atoms with Crippen molar-refractivity contribution >= 4 is 17.1 Å². The first-order chi connectivity index (χ1) is 12.3. The Morgan fingerprint density at radius 1 is 1.31 bits per heavy atom. The van der Waals surface area contributed by atoms with Crippen LogP contribution < -0.4 is 5.56 Å². The van der Waals surface area contributed by atoms with Gasteiger partial charge in [0.05, 0.1) is 6.54 Å². The van der Waals surface area contributed by atoms with Crippen molar-refractivity contribution in [2.75, 3.05) is 6.54 Å². The molecule has 26 heavy (non-hydrogen) atoms. The Bertz CT molecular complexity index is 922. The molecule has 0 aromatic carbocycles. The second-order valence-corrected chi connectivity index (χ2v) is 8.34. The highest BCUT2D eigenvalue weighted by Crippen LogP contribution is 2.32. The number of carbonyl (C=O) groups is 1. The monoisotopic (exact) mass is 355 g/mol. The maximum absolute atomic E-state index is 13.2. The van der Waals surface area contributed by atoms with Crippen LogP contribution in [0, 0.1) is 5.92 Å². The molecule has 2 aromatic heterocycles. The average Bonchev–Trinajstić information content (AvgIpc) is 3.41. The lowest BCUT2D eigenvalue weighted by Crippen LogP contribution is -2.43. The van der Waals surface area contributed by atoms with Crippen LogP contribution in [0.5, 0.6) is 0 Å². The number of nitrogens with zero attached hydrogens (tertiary/aromatic N) is 3. The van der Waals surface area contributed by atoms with E-state index in [2.05, 4.69) is 4.98 Å². The predicted octanol–water partition coefficient (Wildman–Crippen LogP) is 3.10. The summed E-state index contributed by atoms with van der Waals surface area (Å²) in [6.07, 6.45) is 4.37. The molecule has 2 aromatic rings. The number of pyridine rings is 2. The first kappa shape index (κ1) is 17.1. The van der Waals surface area contributed by atoms with Crippen LogP contribution in [-0.2, 0) is 24.2 Å². The lowest BCUT2D eigenvalue weighted by atomic mass is 9.97. The number of fused-ring (bicyclic) bond motifs is 3. The van der Waals surface area contributed by atoms with Crippen molar-refractivity contribution in [3.63, 3.8) is 0 Å². The molecule has 1 saturated carbocycles. The molecule has 0 atom stereocenters. The normalized spacial score (nSPS) is 17.3. The van der Waals surface area contributed by atoms with Crippen LogP contribution in [0.2, 0.25) is 0 Å². The fourth-order valence-corrected chi connectivity index (χ4v) is 3.57. The maximum atomic E-state index is 13.2. The maximum Gasteiger partial charge on any atom is 0.410 e. The molecule has 3 heterocycles. The van der Waals surface area contributed by atoms with Gasteiger partial charge in [0, 0.05) is 30.2 Å². The number of aromatic nitrogens is 2. The molecule has 0 unspecified atom stereocenters. The van der Waals surface area contributed by atoms with Gasteiger partial charge in [0.15, 0.2) is 0 Å². The number of hydrogen-bond donors (Lipinski definition) is 0. The summed E-state index contributed by atoms with van der Waals surface area (Å²) in [6, 6.07) is 3.95. The third-order valence-corrected chi connectivity index (χ3v) is 5.01. The molecule has 1 fully saturated rings. The van der Waals surface area contributed by atoms with E-state index < -0.39 is 5.60 Å².